The highest BCUT2D eigenvalue weighted by atomic mass is 14.3. The van der Waals surface area contributed by atoms with Gasteiger partial charge in [0.25, 0.3) is 0 Å². The Morgan fingerprint density at radius 2 is 1.24 bits per heavy atom. The van der Waals surface area contributed by atoms with Gasteiger partial charge in [-0.1, -0.05) is 153 Å². The van der Waals surface area contributed by atoms with Crippen molar-refractivity contribution in [2.75, 3.05) is 0 Å². The predicted octanol–water partition coefficient (Wildman–Crippen LogP) is 9.33. The second-order valence-corrected chi connectivity index (χ2v) is 9.38. The Bertz CT molecular complexity index is 1190. The van der Waals surface area contributed by atoms with Gasteiger partial charge in [0.15, 0.2) is 0 Å². The van der Waals surface area contributed by atoms with Gasteiger partial charge in [-0.25, -0.2) is 0 Å². The van der Waals surface area contributed by atoms with E-state index >= 15 is 0 Å². The maximum Gasteiger partial charge on any atom is -0.0000288 e. The zero-order valence-corrected chi connectivity index (χ0v) is 20.3. The number of benzene rings is 4. The summed E-state index contributed by atoms with van der Waals surface area (Å²) in [6.07, 6.45) is 8.99. The summed E-state index contributed by atoms with van der Waals surface area (Å²) < 4.78 is 0. The van der Waals surface area contributed by atoms with Crippen LogP contribution in [0.3, 0.4) is 0 Å². The maximum atomic E-state index is 2.47. The first-order valence-electron chi connectivity index (χ1n) is 12.2. The van der Waals surface area contributed by atoms with Gasteiger partial charge in [0.05, 0.1) is 0 Å². The van der Waals surface area contributed by atoms with E-state index in [0.29, 0.717) is 5.92 Å². The van der Waals surface area contributed by atoms with Crippen molar-refractivity contribution < 1.29 is 0 Å². The van der Waals surface area contributed by atoms with Crippen molar-refractivity contribution in [1.29, 1.82) is 0 Å². The molecular formula is C34H34. The van der Waals surface area contributed by atoms with Gasteiger partial charge in [0, 0.05) is 0 Å². The molecule has 2 atom stereocenters. The molecule has 4 rings (SSSR count). The lowest BCUT2D eigenvalue weighted by atomic mass is 9.73. The van der Waals surface area contributed by atoms with Crippen LogP contribution in [-0.4, -0.2) is 0 Å². The minimum absolute atomic E-state index is 0.0232. The molecule has 0 fully saturated rings. The standard InChI is InChI=1S/C34H34/c1-28(30-19-9-4-10-20-30)26-32(31-21-11-5-12-22-31)27-34(2,33-23-13-6-14-24-33)25-15-18-29-16-7-3-8-17-29/h3-24,26,28H,25,27H2,1-2H3. The van der Waals surface area contributed by atoms with Gasteiger partial charge in [0.1, 0.15) is 0 Å². The van der Waals surface area contributed by atoms with Gasteiger partial charge in [-0.3, -0.25) is 0 Å². The topological polar surface area (TPSA) is 0 Å². The molecule has 4 aromatic rings. The maximum absolute atomic E-state index is 2.47. The summed E-state index contributed by atoms with van der Waals surface area (Å²) in [4.78, 5) is 0. The summed E-state index contributed by atoms with van der Waals surface area (Å²) >= 11 is 0. The molecule has 170 valence electrons. The highest BCUT2D eigenvalue weighted by Gasteiger charge is 2.27. The summed E-state index contributed by atoms with van der Waals surface area (Å²) in [7, 11) is 0. The van der Waals surface area contributed by atoms with E-state index in [9.17, 15) is 0 Å². The van der Waals surface area contributed by atoms with Gasteiger partial charge >= 0.3 is 0 Å². The fourth-order valence-corrected chi connectivity index (χ4v) is 4.64. The van der Waals surface area contributed by atoms with Crippen molar-refractivity contribution in [1.82, 2.24) is 0 Å². The number of allylic oxidation sites excluding steroid dienone is 3. The van der Waals surface area contributed by atoms with Crippen LogP contribution in [0, 0.1) is 0 Å². The van der Waals surface area contributed by atoms with E-state index in [4.69, 9.17) is 0 Å². The van der Waals surface area contributed by atoms with Crippen LogP contribution in [0.2, 0.25) is 0 Å². The smallest absolute Gasteiger partial charge is 0.0000288 e. The Labute approximate surface area is 205 Å². The zero-order chi connectivity index (χ0) is 23.6. The number of hydrogen-bond acceptors (Lipinski definition) is 0. The highest BCUT2D eigenvalue weighted by molar-refractivity contribution is 5.68. The van der Waals surface area contributed by atoms with Crippen molar-refractivity contribution in [3.63, 3.8) is 0 Å². The monoisotopic (exact) mass is 442 g/mol. The normalized spacial score (nSPS) is 14.6. The van der Waals surface area contributed by atoms with E-state index in [1.165, 1.54) is 27.8 Å². The van der Waals surface area contributed by atoms with Gasteiger partial charge in [-0.05, 0) is 52.0 Å². The van der Waals surface area contributed by atoms with Gasteiger partial charge in [0.2, 0.25) is 0 Å². The Morgan fingerprint density at radius 3 is 1.85 bits per heavy atom. The molecule has 0 radical (unpaired) electrons. The third-order valence-corrected chi connectivity index (χ3v) is 6.65. The Morgan fingerprint density at radius 1 is 0.706 bits per heavy atom. The van der Waals surface area contributed by atoms with Crippen molar-refractivity contribution >= 4 is 11.6 Å². The quantitative estimate of drug-likeness (QED) is 0.242. The minimum atomic E-state index is -0.0232. The molecule has 0 aliphatic heterocycles. The van der Waals surface area contributed by atoms with Crippen molar-refractivity contribution in [3.05, 3.63) is 156 Å². The molecule has 0 saturated carbocycles. The fraction of sp³-hybridized carbons (Fsp3) is 0.176. The fourth-order valence-electron chi connectivity index (χ4n) is 4.64. The average Bonchev–Trinajstić information content (AvgIpc) is 2.90. The van der Waals surface area contributed by atoms with Crippen molar-refractivity contribution in [2.24, 2.45) is 0 Å². The van der Waals surface area contributed by atoms with Gasteiger partial charge in [-0.15, -0.1) is 0 Å². The molecule has 0 nitrogen and oxygen atoms in total. The predicted molar refractivity (Wildman–Crippen MR) is 148 cm³/mol. The average molecular weight is 443 g/mol. The van der Waals surface area contributed by atoms with E-state index in [1.807, 2.05) is 0 Å². The molecular weight excluding hydrogens is 408 g/mol. The lowest BCUT2D eigenvalue weighted by Gasteiger charge is -2.31. The molecule has 0 heteroatoms. The summed E-state index contributed by atoms with van der Waals surface area (Å²) in [5, 5.41) is 0. The van der Waals surface area contributed by atoms with Crippen LogP contribution in [0.5, 0.6) is 0 Å². The Hall–Kier alpha value is -3.64. The first-order valence-corrected chi connectivity index (χ1v) is 12.2. The highest BCUT2D eigenvalue weighted by Crippen LogP contribution is 2.39. The molecule has 2 unspecified atom stereocenters. The minimum Gasteiger partial charge on any atom is -0.0831 e. The lowest BCUT2D eigenvalue weighted by Crippen LogP contribution is -2.22. The van der Waals surface area contributed by atoms with Crippen molar-refractivity contribution in [3.8, 4) is 0 Å². The first-order chi connectivity index (χ1) is 16.6. The Kier molecular flexibility index (Phi) is 7.94. The second-order valence-electron chi connectivity index (χ2n) is 9.38. The van der Waals surface area contributed by atoms with Crippen LogP contribution in [0.25, 0.3) is 11.6 Å². The first kappa shape index (κ1) is 23.5. The van der Waals surface area contributed by atoms with Crippen LogP contribution in [0.15, 0.2) is 133 Å². The third kappa shape index (κ3) is 6.23. The molecule has 0 saturated heterocycles. The summed E-state index contributed by atoms with van der Waals surface area (Å²) in [6, 6.07) is 43.2. The van der Waals surface area contributed by atoms with Gasteiger partial charge < -0.3 is 0 Å². The summed E-state index contributed by atoms with van der Waals surface area (Å²) in [5.41, 5.74) is 6.65. The summed E-state index contributed by atoms with van der Waals surface area (Å²) in [6.45, 7) is 4.70. The molecule has 0 heterocycles. The number of hydrogen-bond donors (Lipinski definition) is 0. The SMILES string of the molecule is CC(C=C(CC(C)(CC=Cc1ccccc1)c1ccccc1)c1ccccc1)c1ccccc1. The molecule has 0 aliphatic rings. The lowest BCUT2D eigenvalue weighted by molar-refractivity contribution is 0.492. The van der Waals surface area contributed by atoms with E-state index in [-0.39, 0.29) is 5.41 Å². The molecule has 0 N–H and O–H groups in total. The second kappa shape index (κ2) is 11.5. The third-order valence-electron chi connectivity index (χ3n) is 6.65. The van der Waals surface area contributed by atoms with Crippen LogP contribution >= 0.6 is 0 Å². The molecule has 0 bridgehead atoms. The van der Waals surface area contributed by atoms with E-state index in [1.54, 1.807) is 0 Å². The zero-order valence-electron chi connectivity index (χ0n) is 20.3. The van der Waals surface area contributed by atoms with E-state index in [0.717, 1.165) is 12.8 Å². The van der Waals surface area contributed by atoms with Crippen LogP contribution in [0.4, 0.5) is 0 Å². The largest absolute Gasteiger partial charge is 0.0831 e. The van der Waals surface area contributed by atoms with Gasteiger partial charge in [-0.2, -0.15) is 0 Å². The van der Waals surface area contributed by atoms with Crippen LogP contribution in [0.1, 0.15) is 54.9 Å². The van der Waals surface area contributed by atoms with E-state index in [2.05, 4.69) is 153 Å². The molecule has 34 heavy (non-hydrogen) atoms. The van der Waals surface area contributed by atoms with Crippen LogP contribution < -0.4 is 0 Å². The molecule has 4 aromatic carbocycles. The molecule has 0 amide bonds. The Balaban J connectivity index is 1.69. The number of rotatable bonds is 9. The molecule has 0 aliphatic carbocycles. The molecule has 0 aromatic heterocycles. The summed E-state index contributed by atoms with van der Waals surface area (Å²) in [5.74, 6) is 0.344. The van der Waals surface area contributed by atoms with E-state index < -0.39 is 0 Å². The van der Waals surface area contributed by atoms with Crippen molar-refractivity contribution in [2.45, 2.75) is 38.0 Å². The molecule has 0 spiro atoms. The van der Waals surface area contributed by atoms with Crippen LogP contribution in [-0.2, 0) is 5.41 Å².